The Kier molecular flexibility index (Phi) is 6.73. The Morgan fingerprint density at radius 2 is 1.73 bits per heavy atom. The van der Waals surface area contributed by atoms with Gasteiger partial charge < -0.3 is 0 Å². The van der Waals surface area contributed by atoms with Gasteiger partial charge in [-0.05, 0) is 6.42 Å². The Labute approximate surface area is 106 Å². The van der Waals surface area contributed by atoms with Crippen molar-refractivity contribution in [2.24, 2.45) is 5.92 Å². The average Bonchev–Trinajstić information content (AvgIpc) is 2.12. The summed E-state index contributed by atoms with van der Waals surface area (Å²) < 4.78 is 38.7. The second-order valence-corrected chi connectivity index (χ2v) is 5.03. The monoisotopic (exact) mass is 302 g/mol. The summed E-state index contributed by atoms with van der Waals surface area (Å²) in [6.07, 6.45) is -0.694. The molecule has 0 heterocycles. The lowest BCUT2D eigenvalue weighted by molar-refractivity contribution is -0.00795. The Morgan fingerprint density at radius 3 is 2.00 bits per heavy atom. The first-order valence-electron chi connectivity index (χ1n) is 4.09. The minimum atomic E-state index is -3.37. The normalized spacial score (nSPS) is 14.2. The number of hydrogen-bond donors (Lipinski definition) is 0. The number of hydrogen-bond acceptors (Lipinski definition) is 0. The van der Waals surface area contributed by atoms with Gasteiger partial charge in [0, 0.05) is 12.3 Å². The van der Waals surface area contributed by atoms with Gasteiger partial charge in [0.2, 0.25) is 0 Å². The lowest BCUT2D eigenvalue weighted by Gasteiger charge is -2.22. The third-order valence-corrected chi connectivity index (χ3v) is 2.87. The van der Waals surface area contributed by atoms with Gasteiger partial charge in [0.05, 0.1) is 0 Å². The first kappa shape index (κ1) is 15.7. The summed E-state index contributed by atoms with van der Waals surface area (Å²) in [6.45, 7) is 1.54. The van der Waals surface area contributed by atoms with E-state index in [2.05, 4.69) is 0 Å². The molecule has 15 heavy (non-hydrogen) atoms. The van der Waals surface area contributed by atoms with Crippen molar-refractivity contribution in [3.63, 3.8) is 0 Å². The van der Waals surface area contributed by atoms with E-state index >= 15 is 0 Å². The molecule has 0 rings (SSSR count). The van der Waals surface area contributed by atoms with E-state index in [1.54, 1.807) is 0 Å². The molecule has 0 aromatic heterocycles. The highest BCUT2D eigenvalue weighted by Crippen LogP contribution is 2.38. The van der Waals surface area contributed by atoms with Gasteiger partial charge in [-0.25, -0.2) is 13.2 Å². The number of allylic oxidation sites excluding steroid dienone is 1. The van der Waals surface area contributed by atoms with Crippen molar-refractivity contribution in [3.8, 4) is 0 Å². The topological polar surface area (TPSA) is 0 Å². The van der Waals surface area contributed by atoms with Crippen molar-refractivity contribution in [2.75, 3.05) is 0 Å². The van der Waals surface area contributed by atoms with Crippen LogP contribution in [0.5, 0.6) is 0 Å². The zero-order valence-electron chi connectivity index (χ0n) is 7.71. The molecule has 90 valence electrons. The number of rotatable bonds is 5. The first-order chi connectivity index (χ1) is 6.72. The second kappa shape index (κ2) is 6.43. The molecule has 0 fully saturated rings. The van der Waals surface area contributed by atoms with Crippen LogP contribution in [0, 0.1) is 5.92 Å². The van der Waals surface area contributed by atoms with Gasteiger partial charge in [-0.1, -0.05) is 53.3 Å². The molecule has 0 aliphatic rings. The van der Waals surface area contributed by atoms with Crippen molar-refractivity contribution >= 4 is 46.4 Å². The predicted octanol–water partition coefficient (Wildman–Crippen LogP) is 5.46. The Hall–Kier alpha value is 0.690. The van der Waals surface area contributed by atoms with Crippen molar-refractivity contribution in [2.45, 2.75) is 30.5 Å². The van der Waals surface area contributed by atoms with E-state index in [4.69, 9.17) is 46.4 Å². The van der Waals surface area contributed by atoms with Crippen LogP contribution in [0.25, 0.3) is 0 Å². The zero-order valence-corrected chi connectivity index (χ0v) is 10.7. The van der Waals surface area contributed by atoms with Gasteiger partial charge >= 0.3 is 0 Å². The highest BCUT2D eigenvalue weighted by Gasteiger charge is 2.40. The maximum absolute atomic E-state index is 13.2. The van der Waals surface area contributed by atoms with Crippen LogP contribution in [0.1, 0.15) is 19.8 Å². The van der Waals surface area contributed by atoms with Gasteiger partial charge in [-0.15, -0.1) is 0 Å². The summed E-state index contributed by atoms with van der Waals surface area (Å²) in [7, 11) is 0. The maximum atomic E-state index is 13.2. The highest BCUT2D eigenvalue weighted by molar-refractivity contribution is 6.56. The highest BCUT2D eigenvalue weighted by atomic mass is 35.5. The summed E-state index contributed by atoms with van der Waals surface area (Å²) in [5.41, 5.74) is 0. The molecule has 0 aromatic carbocycles. The van der Waals surface area contributed by atoms with E-state index in [1.165, 1.54) is 6.92 Å². The molecule has 1 unspecified atom stereocenters. The molecule has 0 nitrogen and oxygen atoms in total. The molecule has 0 aliphatic carbocycles. The lowest BCUT2D eigenvalue weighted by Crippen LogP contribution is -2.28. The fraction of sp³-hybridized carbons (Fsp3) is 0.750. The minimum Gasteiger partial charge on any atom is -0.209 e. The van der Waals surface area contributed by atoms with E-state index in [9.17, 15) is 13.2 Å². The van der Waals surface area contributed by atoms with E-state index in [1.807, 2.05) is 0 Å². The zero-order chi connectivity index (χ0) is 12.2. The molecule has 0 amide bonds. The van der Waals surface area contributed by atoms with Crippen molar-refractivity contribution in [1.29, 1.82) is 0 Å². The van der Waals surface area contributed by atoms with Gasteiger partial charge in [-0.2, -0.15) is 0 Å². The van der Waals surface area contributed by atoms with Crippen molar-refractivity contribution in [3.05, 3.63) is 10.3 Å². The van der Waals surface area contributed by atoms with Crippen LogP contribution in [0.3, 0.4) is 0 Å². The number of alkyl halides is 4. The Morgan fingerprint density at radius 1 is 1.27 bits per heavy atom. The van der Waals surface area contributed by atoms with Crippen LogP contribution < -0.4 is 0 Å². The van der Waals surface area contributed by atoms with E-state index < -0.39 is 33.4 Å². The van der Waals surface area contributed by atoms with E-state index in [0.29, 0.717) is 0 Å². The molecule has 0 radical (unpaired) electrons. The molecule has 1 atom stereocenters. The van der Waals surface area contributed by atoms with Gasteiger partial charge in [0.25, 0.3) is 5.92 Å². The molecule has 0 aromatic rings. The van der Waals surface area contributed by atoms with Crippen LogP contribution in [0.15, 0.2) is 10.3 Å². The fourth-order valence-corrected chi connectivity index (χ4v) is 1.47. The molecule has 0 saturated heterocycles. The van der Waals surface area contributed by atoms with Crippen LogP contribution in [0.4, 0.5) is 13.2 Å². The standard InChI is InChI=1S/C8H9Cl4F3/c1-2-4(5(13)6(9)10)3-8(14,15)7(11)12/h4,7H,2-3H2,1H3. The van der Waals surface area contributed by atoms with E-state index in [0.717, 1.165) is 0 Å². The largest absolute Gasteiger partial charge is 0.278 e. The van der Waals surface area contributed by atoms with Crippen LogP contribution in [-0.2, 0) is 0 Å². The molecular formula is C8H9Cl4F3. The van der Waals surface area contributed by atoms with Crippen LogP contribution in [0.2, 0.25) is 0 Å². The maximum Gasteiger partial charge on any atom is 0.278 e. The van der Waals surface area contributed by atoms with Gasteiger partial charge in [0.1, 0.15) is 10.3 Å². The molecule has 0 spiro atoms. The van der Waals surface area contributed by atoms with Crippen molar-refractivity contribution in [1.82, 2.24) is 0 Å². The average molecular weight is 304 g/mol. The van der Waals surface area contributed by atoms with Crippen LogP contribution >= 0.6 is 46.4 Å². The summed E-state index contributed by atoms with van der Waals surface area (Å²) >= 11 is 20.5. The first-order valence-corrected chi connectivity index (χ1v) is 5.71. The predicted molar refractivity (Wildman–Crippen MR) is 58.7 cm³/mol. The third kappa shape index (κ3) is 5.03. The van der Waals surface area contributed by atoms with E-state index in [-0.39, 0.29) is 6.42 Å². The summed E-state index contributed by atoms with van der Waals surface area (Å²) in [4.78, 5) is -1.88. The summed E-state index contributed by atoms with van der Waals surface area (Å²) in [5.74, 6) is -5.41. The quantitative estimate of drug-likeness (QED) is 0.592. The van der Waals surface area contributed by atoms with Gasteiger partial charge in [0.15, 0.2) is 4.84 Å². The Balaban J connectivity index is 4.68. The SMILES string of the molecule is CCC(CC(F)(F)C(Cl)Cl)C(F)=C(Cl)Cl. The summed E-state index contributed by atoms with van der Waals surface area (Å²) in [6, 6.07) is 0. The lowest BCUT2D eigenvalue weighted by atomic mass is 9.98. The van der Waals surface area contributed by atoms with Crippen molar-refractivity contribution < 1.29 is 13.2 Å². The second-order valence-electron chi connectivity index (χ2n) is 2.98. The molecule has 0 N–H and O–H groups in total. The third-order valence-electron chi connectivity index (χ3n) is 1.87. The fourth-order valence-electron chi connectivity index (χ4n) is 0.985. The molecule has 7 heteroatoms. The van der Waals surface area contributed by atoms with Gasteiger partial charge in [-0.3, -0.25) is 0 Å². The molecular weight excluding hydrogens is 295 g/mol. The van der Waals surface area contributed by atoms with Crippen LogP contribution in [-0.4, -0.2) is 10.8 Å². The molecule has 0 saturated carbocycles. The molecule has 0 bridgehead atoms. The Bertz CT molecular complexity index is 236. The number of halogens is 7. The summed E-state index contributed by atoms with van der Waals surface area (Å²) in [5, 5.41) is 0. The minimum absolute atomic E-state index is 0.130. The smallest absolute Gasteiger partial charge is 0.209 e. The molecule has 0 aliphatic heterocycles.